The van der Waals surface area contributed by atoms with E-state index in [1.165, 1.54) is 6.07 Å². The van der Waals surface area contributed by atoms with Crippen molar-refractivity contribution in [3.63, 3.8) is 0 Å². The number of aliphatic hydroxyl groups excluding tert-OH is 1. The summed E-state index contributed by atoms with van der Waals surface area (Å²) in [6.07, 6.45) is -1.57. The molecule has 1 aliphatic heterocycles. The van der Waals surface area contributed by atoms with Gasteiger partial charge in [0.05, 0.1) is 18.1 Å². The summed E-state index contributed by atoms with van der Waals surface area (Å²) in [5.74, 6) is -1.51. The summed E-state index contributed by atoms with van der Waals surface area (Å²) in [4.78, 5) is 23.9. The number of aromatic hydroxyl groups is 2. The molecule has 0 bridgehead atoms. The van der Waals surface area contributed by atoms with Crippen LogP contribution >= 0.6 is 0 Å². The van der Waals surface area contributed by atoms with Gasteiger partial charge in [-0.2, -0.15) is 0 Å². The average molecular weight is 280 g/mol. The number of aliphatic hydroxyl groups is 1. The standard InChI is InChI=1S/C14H16O6/c1-7(15)2-10-6-12(18)14-8(4-13(19)20-10)3-9(16)5-11(14)17/h3,5,7,10,15-17H,2,4,6H2,1H3/t7-,10?/m1/s1. The molecular weight excluding hydrogens is 264 g/mol. The van der Waals surface area contributed by atoms with Gasteiger partial charge in [0.15, 0.2) is 5.78 Å². The first-order valence-corrected chi connectivity index (χ1v) is 6.32. The molecular formula is C14H16O6. The van der Waals surface area contributed by atoms with E-state index >= 15 is 0 Å². The van der Waals surface area contributed by atoms with Gasteiger partial charge >= 0.3 is 5.97 Å². The molecule has 1 heterocycles. The number of rotatable bonds is 2. The van der Waals surface area contributed by atoms with Crippen LogP contribution in [0.25, 0.3) is 0 Å². The summed E-state index contributed by atoms with van der Waals surface area (Å²) in [5.41, 5.74) is 0.281. The molecule has 1 unspecified atom stereocenters. The van der Waals surface area contributed by atoms with Crippen LogP contribution in [0.2, 0.25) is 0 Å². The minimum atomic E-state index is -0.712. The summed E-state index contributed by atoms with van der Waals surface area (Å²) in [7, 11) is 0. The Morgan fingerprint density at radius 3 is 2.70 bits per heavy atom. The van der Waals surface area contributed by atoms with Crippen molar-refractivity contribution in [2.45, 2.75) is 38.4 Å². The van der Waals surface area contributed by atoms with Gasteiger partial charge in [0.2, 0.25) is 0 Å². The Balaban J connectivity index is 2.38. The molecule has 1 aromatic carbocycles. The van der Waals surface area contributed by atoms with E-state index in [0.29, 0.717) is 0 Å². The number of esters is 1. The third-order valence-electron chi connectivity index (χ3n) is 3.11. The van der Waals surface area contributed by atoms with Gasteiger partial charge in [-0.05, 0) is 18.6 Å². The Labute approximate surface area is 115 Å². The molecule has 0 fully saturated rings. The van der Waals surface area contributed by atoms with Crippen LogP contribution in [0.15, 0.2) is 12.1 Å². The second-order valence-corrected chi connectivity index (χ2v) is 5.00. The molecule has 6 heteroatoms. The number of ketones is 1. The summed E-state index contributed by atoms with van der Waals surface area (Å²) in [5, 5.41) is 28.6. The van der Waals surface area contributed by atoms with E-state index in [-0.39, 0.29) is 47.7 Å². The van der Waals surface area contributed by atoms with Gasteiger partial charge in [0, 0.05) is 18.9 Å². The first-order valence-electron chi connectivity index (χ1n) is 6.32. The average Bonchev–Trinajstić information content (AvgIpc) is 2.24. The SMILES string of the molecule is C[C@@H](O)CC1CC(=O)c2c(O)cc(O)cc2CC(=O)O1. The monoisotopic (exact) mass is 280 g/mol. The van der Waals surface area contributed by atoms with Crippen molar-refractivity contribution >= 4 is 11.8 Å². The number of carbonyl (C=O) groups is 2. The third kappa shape index (κ3) is 3.08. The number of carbonyl (C=O) groups excluding carboxylic acids is 2. The van der Waals surface area contributed by atoms with Crippen molar-refractivity contribution < 1.29 is 29.6 Å². The zero-order valence-electron chi connectivity index (χ0n) is 11.0. The third-order valence-corrected chi connectivity index (χ3v) is 3.11. The second kappa shape index (κ2) is 5.50. The fraction of sp³-hybridized carbons (Fsp3) is 0.429. The molecule has 0 saturated carbocycles. The zero-order valence-corrected chi connectivity index (χ0v) is 11.0. The molecule has 0 aliphatic carbocycles. The highest BCUT2D eigenvalue weighted by atomic mass is 16.5. The van der Waals surface area contributed by atoms with Crippen molar-refractivity contribution in [1.82, 2.24) is 0 Å². The largest absolute Gasteiger partial charge is 0.508 e. The van der Waals surface area contributed by atoms with Crippen LogP contribution in [0.1, 0.15) is 35.7 Å². The van der Waals surface area contributed by atoms with Crippen molar-refractivity contribution in [2.75, 3.05) is 0 Å². The predicted molar refractivity (Wildman–Crippen MR) is 68.6 cm³/mol. The van der Waals surface area contributed by atoms with Gasteiger partial charge in [0.1, 0.15) is 17.6 Å². The van der Waals surface area contributed by atoms with Crippen molar-refractivity contribution in [3.05, 3.63) is 23.3 Å². The Morgan fingerprint density at radius 2 is 2.05 bits per heavy atom. The van der Waals surface area contributed by atoms with Crippen LogP contribution in [0, 0.1) is 0 Å². The Kier molecular flexibility index (Phi) is 3.94. The van der Waals surface area contributed by atoms with Crippen LogP contribution in [-0.4, -0.2) is 39.3 Å². The lowest BCUT2D eigenvalue weighted by atomic mass is 9.93. The van der Waals surface area contributed by atoms with Crippen LogP contribution in [0.3, 0.4) is 0 Å². The Bertz CT molecular complexity index is 549. The van der Waals surface area contributed by atoms with E-state index in [9.17, 15) is 24.9 Å². The summed E-state index contributed by atoms with van der Waals surface area (Å²) >= 11 is 0. The van der Waals surface area contributed by atoms with Crippen molar-refractivity contribution in [2.24, 2.45) is 0 Å². The molecule has 108 valence electrons. The number of phenolic OH excluding ortho intramolecular Hbond substituents is 2. The fourth-order valence-corrected chi connectivity index (χ4v) is 2.38. The van der Waals surface area contributed by atoms with Gasteiger partial charge < -0.3 is 20.1 Å². The summed E-state index contributed by atoms with van der Waals surface area (Å²) in [6, 6.07) is 2.33. The van der Waals surface area contributed by atoms with E-state index in [2.05, 4.69) is 0 Å². The highest BCUT2D eigenvalue weighted by molar-refractivity contribution is 6.02. The first-order chi connectivity index (χ1) is 9.36. The zero-order chi connectivity index (χ0) is 14.9. The van der Waals surface area contributed by atoms with Crippen molar-refractivity contribution in [3.8, 4) is 11.5 Å². The van der Waals surface area contributed by atoms with Gasteiger partial charge in [-0.15, -0.1) is 0 Å². The molecule has 6 nitrogen and oxygen atoms in total. The minimum absolute atomic E-state index is 0.0371. The molecule has 2 rings (SSSR count). The topological polar surface area (TPSA) is 104 Å². The van der Waals surface area contributed by atoms with E-state index < -0.39 is 18.2 Å². The van der Waals surface area contributed by atoms with Gasteiger partial charge in [-0.1, -0.05) is 0 Å². The maximum atomic E-state index is 12.2. The van der Waals surface area contributed by atoms with Crippen LogP contribution in [0.5, 0.6) is 11.5 Å². The van der Waals surface area contributed by atoms with Crippen LogP contribution < -0.4 is 0 Å². The molecule has 2 atom stereocenters. The molecule has 1 aliphatic rings. The van der Waals surface area contributed by atoms with Crippen LogP contribution in [-0.2, 0) is 16.0 Å². The normalized spacial score (nSPS) is 20.6. The highest BCUT2D eigenvalue weighted by Crippen LogP contribution is 2.31. The minimum Gasteiger partial charge on any atom is -0.508 e. The maximum Gasteiger partial charge on any atom is 0.310 e. The molecule has 3 N–H and O–H groups in total. The van der Waals surface area contributed by atoms with E-state index in [4.69, 9.17) is 4.74 Å². The van der Waals surface area contributed by atoms with Gasteiger partial charge in [0.25, 0.3) is 0 Å². The molecule has 0 amide bonds. The molecule has 1 aromatic rings. The van der Waals surface area contributed by atoms with Gasteiger partial charge in [-0.3, -0.25) is 9.59 Å². The van der Waals surface area contributed by atoms with E-state index in [1.807, 2.05) is 0 Å². The quantitative estimate of drug-likeness (QED) is 0.696. The fourth-order valence-electron chi connectivity index (χ4n) is 2.38. The van der Waals surface area contributed by atoms with Crippen molar-refractivity contribution in [1.29, 1.82) is 0 Å². The lowest BCUT2D eigenvalue weighted by Gasteiger charge is -2.22. The number of benzene rings is 1. The molecule has 0 saturated heterocycles. The molecule has 20 heavy (non-hydrogen) atoms. The number of fused-ring (bicyclic) bond motifs is 1. The van der Waals surface area contributed by atoms with E-state index in [1.54, 1.807) is 6.92 Å². The number of cyclic esters (lactones) is 1. The maximum absolute atomic E-state index is 12.2. The Morgan fingerprint density at radius 1 is 1.35 bits per heavy atom. The molecule has 0 aromatic heterocycles. The first kappa shape index (κ1) is 14.3. The van der Waals surface area contributed by atoms with E-state index in [0.717, 1.165) is 6.07 Å². The van der Waals surface area contributed by atoms with Gasteiger partial charge in [-0.25, -0.2) is 0 Å². The number of phenols is 2. The number of ether oxygens (including phenoxy) is 1. The summed E-state index contributed by atoms with van der Waals surface area (Å²) in [6.45, 7) is 1.54. The predicted octanol–water partition coefficient (Wildman–Crippen LogP) is 0.909. The number of Topliss-reactive ketones (excluding diaryl/α,β-unsaturated/α-hetero) is 1. The van der Waals surface area contributed by atoms with Crippen LogP contribution in [0.4, 0.5) is 0 Å². The number of hydrogen-bond acceptors (Lipinski definition) is 6. The Hall–Kier alpha value is -2.08. The smallest absolute Gasteiger partial charge is 0.310 e. The highest BCUT2D eigenvalue weighted by Gasteiger charge is 2.28. The molecule has 0 spiro atoms. The molecule has 0 radical (unpaired) electrons. The number of hydrogen-bond donors (Lipinski definition) is 3. The lowest BCUT2D eigenvalue weighted by molar-refractivity contribution is -0.149. The lowest BCUT2D eigenvalue weighted by Crippen LogP contribution is -2.29. The summed E-state index contributed by atoms with van der Waals surface area (Å²) < 4.78 is 5.13. The second-order valence-electron chi connectivity index (χ2n) is 5.00.